The summed E-state index contributed by atoms with van der Waals surface area (Å²) in [5, 5.41) is 37.7. The van der Waals surface area contributed by atoms with Crippen molar-refractivity contribution in [3.8, 4) is 0 Å². The number of fused-ring (bicyclic) bond motifs is 2. The van der Waals surface area contributed by atoms with Crippen molar-refractivity contribution >= 4 is 87.4 Å². The number of nitrogens with zero attached hydrogens (tertiary/aromatic N) is 2. The second-order valence-electron chi connectivity index (χ2n) is 16.9. The summed E-state index contributed by atoms with van der Waals surface area (Å²) in [6.07, 6.45) is 6.00. The quantitative estimate of drug-likeness (QED) is 0.0410. The summed E-state index contributed by atoms with van der Waals surface area (Å²) in [5.74, 6) is -11.1. The third-order valence-electron chi connectivity index (χ3n) is 11.3. The molecule has 18 heteroatoms. The topological polar surface area (TPSA) is 258 Å². The predicted octanol–water partition coefficient (Wildman–Crippen LogP) is 5.08. The van der Waals surface area contributed by atoms with Gasteiger partial charge in [0.15, 0.2) is 17.8 Å². The summed E-state index contributed by atoms with van der Waals surface area (Å²) in [4.78, 5) is 116. The Labute approximate surface area is 393 Å². The zero-order valence-electron chi connectivity index (χ0n) is 38.2. The maximum Gasteiger partial charge on any atom is 0.305 e. The van der Waals surface area contributed by atoms with E-state index in [-0.39, 0.29) is 31.6 Å². The first-order chi connectivity index (χ1) is 31.8. The van der Waals surface area contributed by atoms with Crippen LogP contribution in [0.1, 0.15) is 90.5 Å². The number of para-hydroxylation sites is 2. The molecule has 0 saturated heterocycles. The highest BCUT2D eigenvalue weighted by atomic mass is 32.2. The van der Waals surface area contributed by atoms with Crippen LogP contribution in [0.5, 0.6) is 0 Å². The van der Waals surface area contributed by atoms with E-state index in [1.54, 1.807) is 25.6 Å². The molecule has 3 aromatic rings. The number of carbonyl (C=O) groups excluding carboxylic acids is 6. The second kappa shape index (κ2) is 25.9. The Hall–Kier alpha value is -6.69. The molecule has 0 unspecified atom stereocenters. The fraction of sp³-hybridized carbons (Fsp3) is 0.429. The van der Waals surface area contributed by atoms with Gasteiger partial charge in [-0.2, -0.15) is 4.57 Å². The standard InChI is InChI=1S/C49H59N5O12S/c1-30(2)47(52-49(66)33(20-21-44(59)60)26-40(57)37(29-46(63)64)51-31(3)55)41(58)27-34(28-45(61)62)48(65)50-23-10-13-35(56)14-11-24-54-25-22-32(36-15-5-6-16-38(36)54)12-9-19-43-53(4)39-17-7-8-18-42(39)67-43/h5-9,12,15-19,22,25,30,33-34,37,47H,10-11,13-14,20-21,23-24,26-29H2,1-4H3,(H5-,50,51,52,55,59,60,61,62,63,64,65,66)/p+1/t33-,34+,37+,47+/m0/s1. The number of nitrogens with one attached hydrogen (secondary N) is 3. The van der Waals surface area contributed by atoms with Crippen molar-refractivity contribution < 1.29 is 63.0 Å². The normalized spacial score (nSPS) is 14.6. The number of thioether (sulfide) groups is 1. The molecule has 6 N–H and O–H groups in total. The molecular formula is C49H60N5O12S+. The van der Waals surface area contributed by atoms with Gasteiger partial charge >= 0.3 is 17.9 Å². The fourth-order valence-corrected chi connectivity index (χ4v) is 8.83. The number of carbonyl (C=O) groups is 9. The lowest BCUT2D eigenvalue weighted by atomic mass is 9.88. The summed E-state index contributed by atoms with van der Waals surface area (Å²) in [7, 11) is 2.05. The van der Waals surface area contributed by atoms with Gasteiger partial charge in [-0.3, -0.25) is 43.2 Å². The Morgan fingerprint density at radius 3 is 2.09 bits per heavy atom. The molecule has 4 atom stereocenters. The number of allylic oxidation sites excluding steroid dienone is 2. The molecule has 358 valence electrons. The van der Waals surface area contributed by atoms with Crippen LogP contribution in [-0.2, 0) is 49.7 Å². The first-order valence-corrected chi connectivity index (χ1v) is 23.0. The molecule has 4 rings (SSSR count). The van der Waals surface area contributed by atoms with Crippen LogP contribution in [0.25, 0.3) is 17.0 Å². The number of anilines is 1. The lowest BCUT2D eigenvalue weighted by molar-refractivity contribution is -0.671. The number of carboxylic acid groups (broad SMARTS) is 3. The monoisotopic (exact) mass is 942 g/mol. The summed E-state index contributed by atoms with van der Waals surface area (Å²) < 4.78 is 2.11. The van der Waals surface area contributed by atoms with E-state index in [0.29, 0.717) is 19.4 Å². The van der Waals surface area contributed by atoms with E-state index in [1.165, 1.54) is 10.6 Å². The highest BCUT2D eigenvalue weighted by molar-refractivity contribution is 8.03. The SMILES string of the molecule is CC(=O)N[C@H](CC(=O)O)C(=O)C[C@H](CCC(=O)O)C(=O)N[C@@H](C(=O)C[C@H](CC(=O)O)C(=O)NCCCC(=O)CCC[n+]1ccc(C=CC=C2Sc3ccccc3N2C)c2ccccc21)C(C)C. The number of benzene rings is 2. The van der Waals surface area contributed by atoms with Crippen LogP contribution in [0.15, 0.2) is 82.9 Å². The predicted molar refractivity (Wildman–Crippen MR) is 250 cm³/mol. The largest absolute Gasteiger partial charge is 0.481 e. The van der Waals surface area contributed by atoms with Gasteiger partial charge in [-0.25, -0.2) is 0 Å². The van der Waals surface area contributed by atoms with Gasteiger partial charge in [-0.1, -0.05) is 62.0 Å². The molecular weight excluding hydrogens is 883 g/mol. The van der Waals surface area contributed by atoms with Crippen molar-refractivity contribution in [1.29, 1.82) is 0 Å². The lowest BCUT2D eigenvalue weighted by Gasteiger charge is -2.26. The molecule has 67 heavy (non-hydrogen) atoms. The van der Waals surface area contributed by atoms with Crippen LogP contribution < -0.4 is 25.4 Å². The van der Waals surface area contributed by atoms with Crippen LogP contribution in [0.4, 0.5) is 5.69 Å². The Kier molecular flexibility index (Phi) is 20.4. The summed E-state index contributed by atoms with van der Waals surface area (Å²) >= 11 is 1.73. The molecule has 2 aromatic carbocycles. The van der Waals surface area contributed by atoms with Gasteiger partial charge < -0.3 is 36.2 Å². The molecule has 17 nitrogen and oxygen atoms in total. The Morgan fingerprint density at radius 2 is 1.42 bits per heavy atom. The van der Waals surface area contributed by atoms with E-state index >= 15 is 0 Å². The van der Waals surface area contributed by atoms with Crippen LogP contribution in [0, 0.1) is 17.8 Å². The van der Waals surface area contributed by atoms with E-state index in [9.17, 15) is 58.5 Å². The maximum absolute atomic E-state index is 13.6. The highest BCUT2D eigenvalue weighted by Crippen LogP contribution is 2.44. The van der Waals surface area contributed by atoms with Gasteiger partial charge in [0.2, 0.25) is 23.2 Å². The van der Waals surface area contributed by atoms with E-state index in [2.05, 4.69) is 75.0 Å². The molecule has 1 aromatic heterocycles. The van der Waals surface area contributed by atoms with Crippen LogP contribution >= 0.6 is 11.8 Å². The zero-order chi connectivity index (χ0) is 49.2. The summed E-state index contributed by atoms with van der Waals surface area (Å²) in [5.41, 5.74) is 3.27. The number of amides is 3. The van der Waals surface area contributed by atoms with Gasteiger partial charge in [-0.05, 0) is 48.6 Å². The van der Waals surface area contributed by atoms with Crippen molar-refractivity contribution in [2.75, 3.05) is 18.5 Å². The number of hydrogen-bond acceptors (Lipinski definition) is 11. The van der Waals surface area contributed by atoms with E-state index in [4.69, 9.17) is 0 Å². The zero-order valence-corrected chi connectivity index (χ0v) is 39.0. The molecule has 1 aliphatic rings. The number of aryl methyl sites for hydroxylation is 1. The second-order valence-corrected chi connectivity index (χ2v) is 17.9. The minimum Gasteiger partial charge on any atom is -0.481 e. The first kappa shape index (κ1) is 52.9. The molecule has 0 bridgehead atoms. The van der Waals surface area contributed by atoms with Crippen molar-refractivity contribution in [1.82, 2.24) is 16.0 Å². The number of Topliss-reactive ketones (excluding diaryl/α,β-unsaturated/α-hetero) is 3. The number of carboxylic acids is 3. The molecule has 0 radical (unpaired) electrons. The third kappa shape index (κ3) is 16.6. The number of pyridine rings is 1. The molecule has 0 saturated carbocycles. The Morgan fingerprint density at radius 1 is 0.746 bits per heavy atom. The maximum atomic E-state index is 13.6. The molecule has 0 spiro atoms. The van der Waals surface area contributed by atoms with E-state index < -0.39 is 109 Å². The number of rotatable bonds is 28. The Balaban J connectivity index is 1.28. The van der Waals surface area contributed by atoms with Gasteiger partial charge in [-0.15, -0.1) is 0 Å². The molecule has 2 heterocycles. The van der Waals surface area contributed by atoms with Crippen molar-refractivity contribution in [2.45, 2.75) is 109 Å². The van der Waals surface area contributed by atoms with E-state index in [0.717, 1.165) is 28.4 Å². The van der Waals surface area contributed by atoms with Gasteiger partial charge in [0.1, 0.15) is 12.3 Å². The van der Waals surface area contributed by atoms with Gasteiger partial charge in [0.25, 0.3) is 0 Å². The summed E-state index contributed by atoms with van der Waals surface area (Å²) in [6.45, 7) is 4.91. The molecule has 0 fully saturated rings. The minimum atomic E-state index is -1.48. The van der Waals surface area contributed by atoms with Crippen molar-refractivity contribution in [3.63, 3.8) is 0 Å². The van der Waals surface area contributed by atoms with Crippen LogP contribution in [-0.4, -0.2) is 94.0 Å². The summed E-state index contributed by atoms with van der Waals surface area (Å²) in [6, 6.07) is 15.7. The number of aromatic nitrogens is 1. The third-order valence-corrected chi connectivity index (χ3v) is 12.4. The number of aliphatic carboxylic acids is 3. The first-order valence-electron chi connectivity index (χ1n) is 22.2. The van der Waals surface area contributed by atoms with Crippen molar-refractivity contribution in [3.05, 3.63) is 83.5 Å². The number of ketones is 3. The average molecular weight is 943 g/mol. The van der Waals surface area contributed by atoms with Crippen molar-refractivity contribution in [2.24, 2.45) is 17.8 Å². The van der Waals surface area contributed by atoms with E-state index in [1.807, 2.05) is 36.5 Å². The smallest absolute Gasteiger partial charge is 0.305 e. The highest BCUT2D eigenvalue weighted by Gasteiger charge is 2.34. The van der Waals surface area contributed by atoms with Crippen LogP contribution in [0.3, 0.4) is 0 Å². The molecule has 3 amide bonds. The van der Waals surface area contributed by atoms with Gasteiger partial charge in [0, 0.05) is 82.0 Å². The molecule has 1 aliphatic heterocycles. The fourth-order valence-electron chi connectivity index (χ4n) is 7.76. The minimum absolute atomic E-state index is 0.00712. The van der Waals surface area contributed by atoms with Gasteiger partial charge in [0.05, 0.1) is 46.9 Å². The number of hydrogen-bond donors (Lipinski definition) is 6. The molecule has 0 aliphatic carbocycles. The average Bonchev–Trinajstić information content (AvgIpc) is 3.59. The lowest BCUT2D eigenvalue weighted by Crippen LogP contribution is -2.49. The Bertz CT molecular complexity index is 2380. The van der Waals surface area contributed by atoms with Crippen LogP contribution in [0.2, 0.25) is 0 Å².